The SMILES string of the molecule is CC#Cc1cc2c(C(C)(C)C)ccnc2[nH]1. The average Bonchev–Trinajstić information content (AvgIpc) is 2.58. The first-order valence-corrected chi connectivity index (χ1v) is 5.43. The summed E-state index contributed by atoms with van der Waals surface area (Å²) in [4.78, 5) is 7.56. The lowest BCUT2D eigenvalue weighted by molar-refractivity contribution is 0.595. The monoisotopic (exact) mass is 212 g/mol. The minimum Gasteiger partial charge on any atom is -0.333 e. The summed E-state index contributed by atoms with van der Waals surface area (Å²) in [6.07, 6.45) is 1.85. The summed E-state index contributed by atoms with van der Waals surface area (Å²) in [7, 11) is 0. The van der Waals surface area contributed by atoms with E-state index in [0.717, 1.165) is 11.3 Å². The molecule has 0 aliphatic carbocycles. The predicted octanol–water partition coefficient (Wildman–Crippen LogP) is 3.23. The minimum absolute atomic E-state index is 0.125. The molecule has 2 aromatic rings. The van der Waals surface area contributed by atoms with E-state index in [4.69, 9.17) is 0 Å². The Hall–Kier alpha value is -1.75. The lowest BCUT2D eigenvalue weighted by Crippen LogP contribution is -2.11. The fraction of sp³-hybridized carbons (Fsp3) is 0.357. The van der Waals surface area contributed by atoms with Crippen LogP contribution in [0.2, 0.25) is 0 Å². The van der Waals surface area contributed by atoms with E-state index >= 15 is 0 Å². The first-order chi connectivity index (χ1) is 7.52. The Kier molecular flexibility index (Phi) is 2.47. The van der Waals surface area contributed by atoms with Crippen molar-refractivity contribution in [3.63, 3.8) is 0 Å². The van der Waals surface area contributed by atoms with Crippen LogP contribution in [0.25, 0.3) is 11.0 Å². The maximum atomic E-state index is 4.33. The lowest BCUT2D eigenvalue weighted by Gasteiger charge is -2.19. The van der Waals surface area contributed by atoms with Gasteiger partial charge in [-0.25, -0.2) is 4.98 Å². The average molecular weight is 212 g/mol. The van der Waals surface area contributed by atoms with Crippen LogP contribution in [0.15, 0.2) is 18.3 Å². The number of rotatable bonds is 0. The van der Waals surface area contributed by atoms with Gasteiger partial charge in [0.05, 0.1) is 5.69 Å². The molecule has 0 aliphatic rings. The highest BCUT2D eigenvalue weighted by atomic mass is 14.8. The molecule has 0 saturated carbocycles. The van der Waals surface area contributed by atoms with E-state index in [1.807, 2.05) is 13.1 Å². The number of fused-ring (bicyclic) bond motifs is 1. The number of pyridine rings is 1. The van der Waals surface area contributed by atoms with Gasteiger partial charge in [-0.05, 0) is 36.0 Å². The molecule has 2 heteroatoms. The van der Waals surface area contributed by atoms with Gasteiger partial charge in [0.1, 0.15) is 5.65 Å². The molecule has 0 aromatic carbocycles. The van der Waals surface area contributed by atoms with Crippen LogP contribution in [0.1, 0.15) is 39.0 Å². The normalized spacial score (nSPS) is 11.2. The van der Waals surface area contributed by atoms with Gasteiger partial charge in [-0.1, -0.05) is 26.7 Å². The van der Waals surface area contributed by atoms with Crippen molar-refractivity contribution in [2.24, 2.45) is 0 Å². The van der Waals surface area contributed by atoms with Crippen molar-refractivity contribution in [3.05, 3.63) is 29.6 Å². The molecular formula is C14H16N2. The zero-order valence-corrected chi connectivity index (χ0v) is 10.2. The Morgan fingerprint density at radius 2 is 2.06 bits per heavy atom. The second kappa shape index (κ2) is 3.68. The number of hydrogen-bond acceptors (Lipinski definition) is 1. The van der Waals surface area contributed by atoms with Gasteiger partial charge < -0.3 is 4.98 Å². The Morgan fingerprint density at radius 3 is 2.69 bits per heavy atom. The summed E-state index contributed by atoms with van der Waals surface area (Å²) in [6, 6.07) is 4.17. The molecule has 2 aromatic heterocycles. The first kappa shape index (κ1) is 10.8. The molecule has 0 fully saturated rings. The Bertz CT molecular complexity index is 574. The molecule has 82 valence electrons. The van der Waals surface area contributed by atoms with Gasteiger partial charge in [0.15, 0.2) is 0 Å². The van der Waals surface area contributed by atoms with Gasteiger partial charge in [-0.3, -0.25) is 0 Å². The highest BCUT2D eigenvalue weighted by Gasteiger charge is 2.17. The van der Waals surface area contributed by atoms with E-state index < -0.39 is 0 Å². The highest BCUT2D eigenvalue weighted by molar-refractivity contribution is 5.82. The fourth-order valence-electron chi connectivity index (χ4n) is 1.88. The highest BCUT2D eigenvalue weighted by Crippen LogP contribution is 2.29. The van der Waals surface area contributed by atoms with Crippen LogP contribution in [-0.4, -0.2) is 9.97 Å². The third-order valence-electron chi connectivity index (χ3n) is 2.60. The molecule has 0 saturated heterocycles. The second-order valence-electron chi connectivity index (χ2n) is 4.93. The second-order valence-corrected chi connectivity index (χ2v) is 4.93. The first-order valence-electron chi connectivity index (χ1n) is 5.43. The quantitative estimate of drug-likeness (QED) is 0.667. The minimum atomic E-state index is 0.125. The summed E-state index contributed by atoms with van der Waals surface area (Å²) in [5.74, 6) is 5.92. The Balaban J connectivity index is 2.71. The summed E-state index contributed by atoms with van der Waals surface area (Å²) in [6.45, 7) is 8.46. The maximum absolute atomic E-state index is 4.33. The van der Waals surface area contributed by atoms with Gasteiger partial charge in [0, 0.05) is 11.6 Å². The standard InChI is InChI=1S/C14H16N2/c1-5-6-10-9-11-12(14(2,3)4)7-8-15-13(11)16-10/h7-9H,1-4H3,(H,15,16). The number of nitrogens with zero attached hydrogens (tertiary/aromatic N) is 1. The van der Waals surface area contributed by atoms with E-state index in [2.05, 4.69) is 54.7 Å². The molecule has 16 heavy (non-hydrogen) atoms. The third-order valence-corrected chi connectivity index (χ3v) is 2.60. The smallest absolute Gasteiger partial charge is 0.138 e. The van der Waals surface area contributed by atoms with Crippen molar-refractivity contribution in [1.82, 2.24) is 9.97 Å². The van der Waals surface area contributed by atoms with Gasteiger partial charge in [0.25, 0.3) is 0 Å². The predicted molar refractivity (Wildman–Crippen MR) is 67.3 cm³/mol. The Labute approximate surface area is 96.1 Å². The van der Waals surface area contributed by atoms with E-state index in [0.29, 0.717) is 0 Å². The van der Waals surface area contributed by atoms with Crippen LogP contribution in [-0.2, 0) is 5.41 Å². The zero-order chi connectivity index (χ0) is 11.8. The van der Waals surface area contributed by atoms with E-state index in [1.165, 1.54) is 10.9 Å². The van der Waals surface area contributed by atoms with E-state index in [9.17, 15) is 0 Å². The van der Waals surface area contributed by atoms with Gasteiger partial charge in [-0.2, -0.15) is 0 Å². The van der Waals surface area contributed by atoms with Gasteiger partial charge >= 0.3 is 0 Å². The largest absolute Gasteiger partial charge is 0.333 e. The molecule has 0 atom stereocenters. The molecule has 2 nitrogen and oxygen atoms in total. The maximum Gasteiger partial charge on any atom is 0.138 e. The summed E-state index contributed by atoms with van der Waals surface area (Å²) in [5, 5.41) is 1.17. The van der Waals surface area contributed by atoms with Crippen LogP contribution in [0.5, 0.6) is 0 Å². The third kappa shape index (κ3) is 1.81. The van der Waals surface area contributed by atoms with E-state index in [1.54, 1.807) is 0 Å². The molecule has 0 radical (unpaired) electrons. The molecule has 1 N–H and O–H groups in total. The zero-order valence-electron chi connectivity index (χ0n) is 10.2. The number of aromatic amines is 1. The van der Waals surface area contributed by atoms with Crippen LogP contribution < -0.4 is 0 Å². The molecule has 2 heterocycles. The van der Waals surface area contributed by atoms with Crippen molar-refractivity contribution in [1.29, 1.82) is 0 Å². The topological polar surface area (TPSA) is 28.7 Å². The molecule has 0 aliphatic heterocycles. The lowest BCUT2D eigenvalue weighted by atomic mass is 9.86. The van der Waals surface area contributed by atoms with Crippen LogP contribution in [0, 0.1) is 11.8 Å². The number of nitrogens with one attached hydrogen (secondary N) is 1. The van der Waals surface area contributed by atoms with Gasteiger partial charge in [-0.15, -0.1) is 0 Å². The molecule has 0 unspecified atom stereocenters. The molecule has 0 amide bonds. The molecule has 0 spiro atoms. The van der Waals surface area contributed by atoms with Crippen LogP contribution in [0.4, 0.5) is 0 Å². The van der Waals surface area contributed by atoms with Gasteiger partial charge in [0.2, 0.25) is 0 Å². The number of aromatic nitrogens is 2. The summed E-state index contributed by atoms with van der Waals surface area (Å²) in [5.41, 5.74) is 3.28. The molecule has 0 bridgehead atoms. The fourth-order valence-corrected chi connectivity index (χ4v) is 1.88. The van der Waals surface area contributed by atoms with Crippen molar-refractivity contribution >= 4 is 11.0 Å². The van der Waals surface area contributed by atoms with Crippen molar-refractivity contribution < 1.29 is 0 Å². The number of hydrogen-bond donors (Lipinski definition) is 1. The summed E-state index contributed by atoms with van der Waals surface area (Å²) >= 11 is 0. The number of H-pyrrole nitrogens is 1. The van der Waals surface area contributed by atoms with Crippen molar-refractivity contribution in [2.45, 2.75) is 33.1 Å². The van der Waals surface area contributed by atoms with Crippen LogP contribution >= 0.6 is 0 Å². The van der Waals surface area contributed by atoms with Crippen molar-refractivity contribution in [3.8, 4) is 11.8 Å². The van der Waals surface area contributed by atoms with Crippen LogP contribution in [0.3, 0.4) is 0 Å². The Morgan fingerprint density at radius 1 is 1.31 bits per heavy atom. The summed E-state index contributed by atoms with van der Waals surface area (Å²) < 4.78 is 0. The van der Waals surface area contributed by atoms with E-state index in [-0.39, 0.29) is 5.41 Å². The van der Waals surface area contributed by atoms with Crippen molar-refractivity contribution in [2.75, 3.05) is 0 Å². The molecule has 2 rings (SSSR count). The molecular weight excluding hydrogens is 196 g/mol.